The third-order valence-electron chi connectivity index (χ3n) is 3.84. The van der Waals surface area contributed by atoms with Crippen molar-refractivity contribution in [3.05, 3.63) is 65.4 Å². The van der Waals surface area contributed by atoms with E-state index >= 15 is 0 Å². The van der Waals surface area contributed by atoms with Crippen LogP contribution in [0.3, 0.4) is 0 Å². The molecule has 0 bridgehead atoms. The molecule has 0 radical (unpaired) electrons. The number of amides is 2. The highest BCUT2D eigenvalue weighted by molar-refractivity contribution is 5.92. The van der Waals surface area contributed by atoms with Crippen molar-refractivity contribution in [1.82, 2.24) is 10.3 Å². The summed E-state index contributed by atoms with van der Waals surface area (Å²) in [7, 11) is 0. The summed E-state index contributed by atoms with van der Waals surface area (Å²) in [4.78, 5) is 15.1. The minimum absolute atomic E-state index is 0.201. The molecule has 0 aliphatic carbocycles. The molecule has 0 atom stereocenters. The SMILES string of the molecule is Cc1ccc(CNC(=O)Nc2ccc3[nH]ccc3c2)cc1C. The van der Waals surface area contributed by atoms with E-state index in [1.54, 1.807) is 0 Å². The number of aromatic nitrogens is 1. The van der Waals surface area contributed by atoms with Crippen LogP contribution in [0.2, 0.25) is 0 Å². The van der Waals surface area contributed by atoms with Crippen LogP contribution in [0, 0.1) is 13.8 Å². The minimum Gasteiger partial charge on any atom is -0.361 e. The maximum Gasteiger partial charge on any atom is 0.319 e. The number of hydrogen-bond donors (Lipinski definition) is 3. The van der Waals surface area contributed by atoms with Crippen LogP contribution in [0.4, 0.5) is 10.5 Å². The molecule has 0 saturated carbocycles. The van der Waals surface area contributed by atoms with Gasteiger partial charge in [0.25, 0.3) is 0 Å². The lowest BCUT2D eigenvalue weighted by Crippen LogP contribution is -2.28. The first-order valence-electron chi connectivity index (χ1n) is 7.30. The second-order valence-electron chi connectivity index (χ2n) is 5.51. The number of aryl methyl sites for hydroxylation is 2. The summed E-state index contributed by atoms with van der Waals surface area (Å²) in [6.07, 6.45) is 1.88. The molecule has 3 N–H and O–H groups in total. The number of benzene rings is 2. The Kier molecular flexibility index (Phi) is 3.83. The second kappa shape index (κ2) is 5.93. The lowest BCUT2D eigenvalue weighted by Gasteiger charge is -2.09. The van der Waals surface area contributed by atoms with Crippen LogP contribution in [0.15, 0.2) is 48.7 Å². The Morgan fingerprint density at radius 3 is 2.73 bits per heavy atom. The number of anilines is 1. The van der Waals surface area contributed by atoms with Crippen LogP contribution in [0.25, 0.3) is 10.9 Å². The molecule has 3 aromatic rings. The van der Waals surface area contributed by atoms with Gasteiger partial charge in [0.05, 0.1) is 0 Å². The van der Waals surface area contributed by atoms with E-state index in [0.717, 1.165) is 22.2 Å². The van der Waals surface area contributed by atoms with Gasteiger partial charge in [-0.2, -0.15) is 0 Å². The van der Waals surface area contributed by atoms with E-state index in [0.29, 0.717) is 6.54 Å². The molecule has 0 spiro atoms. The van der Waals surface area contributed by atoms with Crippen LogP contribution in [0.1, 0.15) is 16.7 Å². The van der Waals surface area contributed by atoms with Crippen LogP contribution < -0.4 is 10.6 Å². The number of rotatable bonds is 3. The first-order chi connectivity index (χ1) is 10.6. The van der Waals surface area contributed by atoms with E-state index in [1.165, 1.54) is 11.1 Å². The summed E-state index contributed by atoms with van der Waals surface area (Å²) >= 11 is 0. The third-order valence-corrected chi connectivity index (χ3v) is 3.84. The number of carbonyl (C=O) groups excluding carboxylic acids is 1. The van der Waals surface area contributed by atoms with Crippen molar-refractivity contribution in [2.24, 2.45) is 0 Å². The molecule has 1 heterocycles. The first kappa shape index (κ1) is 14.2. The number of aromatic amines is 1. The van der Waals surface area contributed by atoms with Gasteiger partial charge >= 0.3 is 6.03 Å². The Morgan fingerprint density at radius 2 is 1.91 bits per heavy atom. The molecule has 2 amide bonds. The quantitative estimate of drug-likeness (QED) is 0.669. The van der Waals surface area contributed by atoms with E-state index in [9.17, 15) is 4.79 Å². The monoisotopic (exact) mass is 293 g/mol. The van der Waals surface area contributed by atoms with Gasteiger partial charge in [0, 0.05) is 29.3 Å². The van der Waals surface area contributed by atoms with Crippen molar-refractivity contribution in [3.8, 4) is 0 Å². The molecular formula is C18H19N3O. The summed E-state index contributed by atoms with van der Waals surface area (Å²) in [6.45, 7) is 4.67. The Labute approximate surface area is 129 Å². The molecular weight excluding hydrogens is 274 g/mol. The summed E-state index contributed by atoms with van der Waals surface area (Å²) in [5.74, 6) is 0. The van der Waals surface area contributed by atoms with Gasteiger partial charge in [-0.1, -0.05) is 18.2 Å². The minimum atomic E-state index is -0.201. The highest BCUT2D eigenvalue weighted by atomic mass is 16.2. The molecule has 0 saturated heterocycles. The zero-order valence-electron chi connectivity index (χ0n) is 12.7. The fourth-order valence-corrected chi connectivity index (χ4v) is 2.40. The fraction of sp³-hybridized carbons (Fsp3) is 0.167. The molecule has 4 nitrogen and oxygen atoms in total. The van der Waals surface area contributed by atoms with Gasteiger partial charge in [0.1, 0.15) is 0 Å². The third kappa shape index (κ3) is 3.11. The lowest BCUT2D eigenvalue weighted by atomic mass is 10.1. The van der Waals surface area contributed by atoms with E-state index in [4.69, 9.17) is 0 Å². The maximum absolute atomic E-state index is 12.0. The first-order valence-corrected chi connectivity index (χ1v) is 7.30. The molecule has 4 heteroatoms. The second-order valence-corrected chi connectivity index (χ2v) is 5.51. The lowest BCUT2D eigenvalue weighted by molar-refractivity contribution is 0.251. The average Bonchev–Trinajstić information content (AvgIpc) is 2.96. The zero-order chi connectivity index (χ0) is 15.5. The predicted octanol–water partition coefficient (Wildman–Crippen LogP) is 4.11. The number of urea groups is 1. The van der Waals surface area contributed by atoms with Gasteiger partial charge in [-0.25, -0.2) is 4.79 Å². The van der Waals surface area contributed by atoms with Crippen LogP contribution in [0.5, 0.6) is 0 Å². The molecule has 22 heavy (non-hydrogen) atoms. The normalized spacial score (nSPS) is 10.6. The number of nitrogens with one attached hydrogen (secondary N) is 3. The molecule has 0 aliphatic heterocycles. The summed E-state index contributed by atoms with van der Waals surface area (Å²) in [5, 5.41) is 6.81. The number of carbonyl (C=O) groups is 1. The highest BCUT2D eigenvalue weighted by Crippen LogP contribution is 2.17. The zero-order valence-corrected chi connectivity index (χ0v) is 12.7. The Morgan fingerprint density at radius 1 is 1.05 bits per heavy atom. The van der Waals surface area contributed by atoms with Crippen molar-refractivity contribution >= 4 is 22.6 Å². The van der Waals surface area contributed by atoms with Crippen molar-refractivity contribution in [2.75, 3.05) is 5.32 Å². The smallest absolute Gasteiger partial charge is 0.319 e. The van der Waals surface area contributed by atoms with Gasteiger partial charge in [-0.05, 0) is 54.8 Å². The van der Waals surface area contributed by atoms with E-state index < -0.39 is 0 Å². The number of hydrogen-bond acceptors (Lipinski definition) is 1. The average molecular weight is 293 g/mol. The summed E-state index contributed by atoms with van der Waals surface area (Å²) < 4.78 is 0. The van der Waals surface area contributed by atoms with E-state index in [2.05, 4.69) is 41.6 Å². The Bertz CT molecular complexity index is 820. The van der Waals surface area contributed by atoms with E-state index in [-0.39, 0.29) is 6.03 Å². The topological polar surface area (TPSA) is 56.9 Å². The molecule has 112 valence electrons. The van der Waals surface area contributed by atoms with Gasteiger partial charge in [0.15, 0.2) is 0 Å². The van der Waals surface area contributed by atoms with Crippen molar-refractivity contribution in [3.63, 3.8) is 0 Å². The van der Waals surface area contributed by atoms with Crippen LogP contribution >= 0.6 is 0 Å². The van der Waals surface area contributed by atoms with Crippen molar-refractivity contribution in [2.45, 2.75) is 20.4 Å². The van der Waals surface area contributed by atoms with Gasteiger partial charge in [-0.15, -0.1) is 0 Å². The molecule has 0 unspecified atom stereocenters. The highest BCUT2D eigenvalue weighted by Gasteiger charge is 2.04. The Hall–Kier alpha value is -2.75. The van der Waals surface area contributed by atoms with Crippen molar-refractivity contribution < 1.29 is 4.79 Å². The number of H-pyrrole nitrogens is 1. The van der Waals surface area contributed by atoms with E-state index in [1.807, 2.05) is 36.5 Å². The molecule has 1 aromatic heterocycles. The standard InChI is InChI=1S/C18H19N3O/c1-12-3-4-14(9-13(12)2)11-20-18(22)21-16-5-6-17-15(10-16)7-8-19-17/h3-10,19H,11H2,1-2H3,(H2,20,21,22). The fourth-order valence-electron chi connectivity index (χ4n) is 2.40. The maximum atomic E-state index is 12.0. The number of fused-ring (bicyclic) bond motifs is 1. The molecule has 2 aromatic carbocycles. The molecule has 0 aliphatic rings. The van der Waals surface area contributed by atoms with Crippen molar-refractivity contribution in [1.29, 1.82) is 0 Å². The molecule has 0 fully saturated rings. The largest absolute Gasteiger partial charge is 0.361 e. The van der Waals surface area contributed by atoms with Crippen LogP contribution in [-0.4, -0.2) is 11.0 Å². The summed E-state index contributed by atoms with van der Waals surface area (Å²) in [6, 6.07) is 13.8. The summed E-state index contributed by atoms with van der Waals surface area (Å²) in [5.41, 5.74) is 5.43. The van der Waals surface area contributed by atoms with Gasteiger partial charge in [0.2, 0.25) is 0 Å². The van der Waals surface area contributed by atoms with Gasteiger partial charge < -0.3 is 15.6 Å². The Balaban J connectivity index is 1.60. The van der Waals surface area contributed by atoms with Gasteiger partial charge in [-0.3, -0.25) is 0 Å². The van der Waals surface area contributed by atoms with Crippen LogP contribution in [-0.2, 0) is 6.54 Å². The molecule has 3 rings (SSSR count). The predicted molar refractivity (Wildman–Crippen MR) is 90.1 cm³/mol.